The number of carbonyl (C=O) groups excluding carboxylic acids is 1. The van der Waals surface area contributed by atoms with E-state index in [1.807, 2.05) is 4.90 Å². The van der Waals surface area contributed by atoms with Crippen molar-refractivity contribution in [3.8, 4) is 0 Å². The zero-order valence-electron chi connectivity index (χ0n) is 12.0. The summed E-state index contributed by atoms with van der Waals surface area (Å²) in [6.45, 7) is 7.16. The largest absolute Gasteiger partial charge is 0.392 e. The molecule has 2 heterocycles. The van der Waals surface area contributed by atoms with Crippen LogP contribution in [0.25, 0.3) is 0 Å². The van der Waals surface area contributed by atoms with Gasteiger partial charge >= 0.3 is 0 Å². The summed E-state index contributed by atoms with van der Waals surface area (Å²) in [7, 11) is 0. The Morgan fingerprint density at radius 1 is 1.53 bits per heavy atom. The Balaban J connectivity index is 1.70. The number of ether oxygens (including phenoxy) is 1. The molecule has 3 unspecified atom stereocenters. The highest BCUT2D eigenvalue weighted by molar-refractivity contribution is 5.82. The number of rotatable bonds is 5. The van der Waals surface area contributed by atoms with E-state index in [-0.39, 0.29) is 24.2 Å². The molecular weight excluding hydrogens is 244 g/mol. The summed E-state index contributed by atoms with van der Waals surface area (Å²) in [5, 5.41) is 12.5. The molecule has 0 aliphatic carbocycles. The minimum absolute atomic E-state index is 0.117. The molecule has 110 valence electrons. The average Bonchev–Trinajstić information content (AvgIpc) is 2.97. The molecule has 0 radical (unpaired) electrons. The van der Waals surface area contributed by atoms with Crippen LogP contribution in [0.2, 0.25) is 0 Å². The first-order chi connectivity index (χ1) is 9.06. The second-order valence-corrected chi connectivity index (χ2v) is 6.10. The van der Waals surface area contributed by atoms with Crippen molar-refractivity contribution in [2.24, 2.45) is 5.92 Å². The predicted octanol–water partition coefficient (Wildman–Crippen LogP) is 0.373. The van der Waals surface area contributed by atoms with E-state index < -0.39 is 0 Å². The van der Waals surface area contributed by atoms with Crippen LogP contribution < -0.4 is 5.32 Å². The average molecular weight is 270 g/mol. The Bertz CT molecular complexity index is 309. The SMILES string of the molecule is CC(C)CCOC1CCN(C(=O)C2CC(O)CN2)C1. The fourth-order valence-corrected chi connectivity index (χ4v) is 2.66. The van der Waals surface area contributed by atoms with Crippen LogP contribution in [-0.4, -0.2) is 60.4 Å². The van der Waals surface area contributed by atoms with Gasteiger partial charge < -0.3 is 20.1 Å². The number of amides is 1. The van der Waals surface area contributed by atoms with E-state index in [1.54, 1.807) is 0 Å². The maximum atomic E-state index is 12.2. The molecule has 0 spiro atoms. The van der Waals surface area contributed by atoms with Crippen molar-refractivity contribution >= 4 is 5.91 Å². The van der Waals surface area contributed by atoms with Crippen molar-refractivity contribution in [3.05, 3.63) is 0 Å². The summed E-state index contributed by atoms with van der Waals surface area (Å²) in [4.78, 5) is 14.1. The second kappa shape index (κ2) is 6.68. The van der Waals surface area contributed by atoms with Crippen LogP contribution in [0.3, 0.4) is 0 Å². The third kappa shape index (κ3) is 4.16. The third-order valence-corrected chi connectivity index (χ3v) is 3.91. The highest BCUT2D eigenvalue weighted by atomic mass is 16.5. The van der Waals surface area contributed by atoms with Crippen LogP contribution in [0.15, 0.2) is 0 Å². The van der Waals surface area contributed by atoms with Crippen LogP contribution in [0, 0.1) is 5.92 Å². The van der Waals surface area contributed by atoms with E-state index >= 15 is 0 Å². The number of hydrogen-bond donors (Lipinski definition) is 2. The molecule has 1 amide bonds. The van der Waals surface area contributed by atoms with Gasteiger partial charge in [-0.2, -0.15) is 0 Å². The van der Waals surface area contributed by atoms with Gasteiger partial charge in [-0.25, -0.2) is 0 Å². The number of nitrogens with one attached hydrogen (secondary N) is 1. The molecule has 0 bridgehead atoms. The number of carbonyl (C=O) groups is 1. The van der Waals surface area contributed by atoms with E-state index in [0.717, 1.165) is 26.0 Å². The molecule has 5 heteroatoms. The minimum Gasteiger partial charge on any atom is -0.392 e. The fourth-order valence-electron chi connectivity index (χ4n) is 2.66. The molecule has 3 atom stereocenters. The van der Waals surface area contributed by atoms with E-state index in [4.69, 9.17) is 4.74 Å². The summed E-state index contributed by atoms with van der Waals surface area (Å²) < 4.78 is 5.81. The van der Waals surface area contributed by atoms with Crippen LogP contribution in [0.1, 0.15) is 33.1 Å². The quantitative estimate of drug-likeness (QED) is 0.758. The van der Waals surface area contributed by atoms with E-state index in [1.165, 1.54) is 0 Å². The van der Waals surface area contributed by atoms with E-state index in [2.05, 4.69) is 19.2 Å². The van der Waals surface area contributed by atoms with Crippen LogP contribution >= 0.6 is 0 Å². The molecule has 0 aromatic heterocycles. The number of aliphatic hydroxyl groups excluding tert-OH is 1. The molecule has 0 aromatic carbocycles. The molecule has 0 aromatic rings. The number of hydrogen-bond acceptors (Lipinski definition) is 4. The van der Waals surface area contributed by atoms with Gasteiger partial charge in [-0.3, -0.25) is 4.79 Å². The lowest BCUT2D eigenvalue weighted by atomic mass is 10.1. The lowest BCUT2D eigenvalue weighted by molar-refractivity contribution is -0.132. The highest BCUT2D eigenvalue weighted by Gasteiger charge is 2.34. The van der Waals surface area contributed by atoms with Gasteiger partial charge in [0.1, 0.15) is 0 Å². The van der Waals surface area contributed by atoms with E-state index in [0.29, 0.717) is 25.4 Å². The molecule has 2 aliphatic rings. The van der Waals surface area contributed by atoms with Crippen molar-refractivity contribution in [2.75, 3.05) is 26.2 Å². The number of likely N-dealkylation sites (tertiary alicyclic amines) is 1. The van der Waals surface area contributed by atoms with Gasteiger partial charge in [-0.05, 0) is 25.2 Å². The van der Waals surface area contributed by atoms with Gasteiger partial charge in [-0.15, -0.1) is 0 Å². The van der Waals surface area contributed by atoms with Crippen molar-refractivity contribution in [3.63, 3.8) is 0 Å². The van der Waals surface area contributed by atoms with Gasteiger partial charge in [0.15, 0.2) is 0 Å². The standard InChI is InChI=1S/C14H26N2O3/c1-10(2)4-6-19-12-3-5-16(9-12)14(18)13-7-11(17)8-15-13/h10-13,15,17H,3-9H2,1-2H3. The molecule has 2 N–H and O–H groups in total. The Labute approximate surface area is 115 Å². The summed E-state index contributed by atoms with van der Waals surface area (Å²) in [5.41, 5.74) is 0. The van der Waals surface area contributed by atoms with Gasteiger partial charge in [0, 0.05) is 26.2 Å². The number of nitrogens with zero attached hydrogens (tertiary/aromatic N) is 1. The van der Waals surface area contributed by atoms with Gasteiger partial charge in [0.2, 0.25) is 5.91 Å². The van der Waals surface area contributed by atoms with Gasteiger partial charge in [0.05, 0.1) is 18.2 Å². The number of β-amino-alcohol motifs (C(OH)–C–C–N with tert-alkyl or cyclic N) is 1. The Kier molecular flexibility index (Phi) is 5.19. The Hall–Kier alpha value is -0.650. The normalized spacial score (nSPS) is 31.4. The molecule has 2 aliphatic heterocycles. The highest BCUT2D eigenvalue weighted by Crippen LogP contribution is 2.17. The minimum atomic E-state index is -0.380. The lowest BCUT2D eigenvalue weighted by Gasteiger charge is -2.20. The van der Waals surface area contributed by atoms with Gasteiger partial charge in [-0.1, -0.05) is 13.8 Å². The predicted molar refractivity (Wildman–Crippen MR) is 72.8 cm³/mol. The van der Waals surface area contributed by atoms with Crippen LogP contribution in [0.4, 0.5) is 0 Å². The van der Waals surface area contributed by atoms with Crippen LogP contribution in [-0.2, 0) is 9.53 Å². The first-order valence-corrected chi connectivity index (χ1v) is 7.38. The molecule has 2 saturated heterocycles. The molecule has 0 saturated carbocycles. The second-order valence-electron chi connectivity index (χ2n) is 6.10. The smallest absolute Gasteiger partial charge is 0.239 e. The maximum absolute atomic E-state index is 12.2. The summed E-state index contributed by atoms with van der Waals surface area (Å²) in [5.74, 6) is 0.773. The molecule has 2 rings (SSSR count). The Morgan fingerprint density at radius 2 is 2.32 bits per heavy atom. The Morgan fingerprint density at radius 3 is 2.95 bits per heavy atom. The van der Waals surface area contributed by atoms with Crippen LogP contribution in [0.5, 0.6) is 0 Å². The first-order valence-electron chi connectivity index (χ1n) is 7.38. The lowest BCUT2D eigenvalue weighted by Crippen LogP contribution is -2.42. The third-order valence-electron chi connectivity index (χ3n) is 3.91. The van der Waals surface area contributed by atoms with E-state index in [9.17, 15) is 9.90 Å². The zero-order chi connectivity index (χ0) is 13.8. The summed E-state index contributed by atoms with van der Waals surface area (Å²) >= 11 is 0. The molecular formula is C14H26N2O3. The van der Waals surface area contributed by atoms with Gasteiger partial charge in [0.25, 0.3) is 0 Å². The van der Waals surface area contributed by atoms with Crippen molar-refractivity contribution in [2.45, 2.75) is 51.4 Å². The first kappa shape index (κ1) is 14.8. The molecule has 2 fully saturated rings. The summed E-state index contributed by atoms with van der Waals surface area (Å²) in [6, 6.07) is -0.204. The van der Waals surface area contributed by atoms with Crippen molar-refractivity contribution < 1.29 is 14.6 Å². The van der Waals surface area contributed by atoms with Crippen molar-refractivity contribution in [1.29, 1.82) is 0 Å². The van der Waals surface area contributed by atoms with Crippen molar-refractivity contribution in [1.82, 2.24) is 10.2 Å². The maximum Gasteiger partial charge on any atom is 0.239 e. The zero-order valence-corrected chi connectivity index (χ0v) is 12.0. The molecule has 19 heavy (non-hydrogen) atoms. The monoisotopic (exact) mass is 270 g/mol. The summed E-state index contributed by atoms with van der Waals surface area (Å²) in [6.07, 6.45) is 2.34. The number of aliphatic hydroxyl groups is 1. The topological polar surface area (TPSA) is 61.8 Å². The molecule has 5 nitrogen and oxygen atoms in total. The fraction of sp³-hybridized carbons (Fsp3) is 0.929.